The van der Waals surface area contributed by atoms with Crippen LogP contribution in [0, 0.1) is 0 Å². The molecule has 2 N–H and O–H groups in total. The zero-order valence-corrected chi connectivity index (χ0v) is 19.3. The van der Waals surface area contributed by atoms with Crippen LogP contribution in [0.3, 0.4) is 0 Å². The molecule has 2 heterocycles. The number of hydrogen-bond acceptors (Lipinski definition) is 4. The van der Waals surface area contributed by atoms with Gasteiger partial charge in [-0.3, -0.25) is 14.6 Å². The van der Waals surface area contributed by atoms with Gasteiger partial charge in [-0.15, -0.1) is 0 Å². The summed E-state index contributed by atoms with van der Waals surface area (Å²) < 4.78 is 7.47. The lowest BCUT2D eigenvalue weighted by molar-refractivity contribution is 0.102. The van der Waals surface area contributed by atoms with Crippen molar-refractivity contribution in [2.75, 3.05) is 12.4 Å². The molecule has 7 nitrogen and oxygen atoms in total. The topological polar surface area (TPSA) is 84.8 Å². The molecule has 0 saturated heterocycles. The highest BCUT2D eigenvalue weighted by molar-refractivity contribution is 9.10. The molecule has 4 aromatic rings. The fourth-order valence-corrected chi connectivity index (χ4v) is 3.79. The minimum Gasteiger partial charge on any atom is -0.497 e. The summed E-state index contributed by atoms with van der Waals surface area (Å²) in [5.74, 6) is 0.774. The van der Waals surface area contributed by atoms with Crippen LogP contribution in [0.5, 0.6) is 5.75 Å². The third-order valence-corrected chi connectivity index (χ3v) is 5.67. The van der Waals surface area contributed by atoms with E-state index >= 15 is 0 Å². The van der Waals surface area contributed by atoms with Crippen LogP contribution in [0.2, 0.25) is 10.0 Å². The molecule has 0 spiro atoms. The Labute approximate surface area is 196 Å². The van der Waals surface area contributed by atoms with Crippen molar-refractivity contribution in [2.45, 2.75) is 6.54 Å². The maximum Gasteiger partial charge on any atom is 0.274 e. The number of halogens is 3. The number of anilines is 1. The molecule has 2 aromatic heterocycles. The first-order chi connectivity index (χ1) is 14.9. The van der Waals surface area contributed by atoms with Crippen molar-refractivity contribution in [3.63, 3.8) is 0 Å². The molecule has 158 valence electrons. The lowest BCUT2D eigenvalue weighted by atomic mass is 10.1. The predicted octanol–water partition coefficient (Wildman–Crippen LogP) is 5.65. The second-order valence-electron chi connectivity index (χ2n) is 6.61. The summed E-state index contributed by atoms with van der Waals surface area (Å²) in [6, 6.07) is 14.4. The molecule has 0 unspecified atom stereocenters. The van der Waals surface area contributed by atoms with Gasteiger partial charge in [0.05, 0.1) is 23.8 Å². The first-order valence-electron chi connectivity index (χ1n) is 9.11. The average Bonchev–Trinajstić information content (AvgIpc) is 3.37. The average molecular weight is 521 g/mol. The van der Waals surface area contributed by atoms with Gasteiger partial charge in [0.2, 0.25) is 0 Å². The van der Waals surface area contributed by atoms with E-state index in [-0.39, 0.29) is 5.91 Å². The van der Waals surface area contributed by atoms with Crippen LogP contribution in [0.25, 0.3) is 11.3 Å². The van der Waals surface area contributed by atoms with E-state index in [9.17, 15) is 4.79 Å². The molecule has 10 heteroatoms. The highest BCUT2D eigenvalue weighted by Gasteiger charge is 2.16. The van der Waals surface area contributed by atoms with Crippen molar-refractivity contribution in [1.29, 1.82) is 0 Å². The fourth-order valence-electron chi connectivity index (χ4n) is 2.91. The minimum absolute atomic E-state index is 0.313. The molecule has 0 saturated carbocycles. The maximum absolute atomic E-state index is 12.7. The van der Waals surface area contributed by atoms with Crippen LogP contribution in [-0.4, -0.2) is 33.0 Å². The Balaban J connectivity index is 1.47. The molecule has 0 atom stereocenters. The number of aromatic nitrogens is 4. The van der Waals surface area contributed by atoms with Gasteiger partial charge in [-0.2, -0.15) is 10.2 Å². The van der Waals surface area contributed by atoms with Gasteiger partial charge in [0.25, 0.3) is 5.91 Å². The Morgan fingerprint density at radius 2 is 1.97 bits per heavy atom. The van der Waals surface area contributed by atoms with Crippen molar-refractivity contribution in [1.82, 2.24) is 20.0 Å². The molecule has 4 rings (SSSR count). The number of rotatable bonds is 6. The van der Waals surface area contributed by atoms with Crippen LogP contribution < -0.4 is 10.1 Å². The summed E-state index contributed by atoms with van der Waals surface area (Å²) in [4.78, 5) is 12.7. The Bertz CT molecular complexity index is 1240. The van der Waals surface area contributed by atoms with Crippen molar-refractivity contribution >= 4 is 50.9 Å². The fraction of sp³-hybridized carbons (Fsp3) is 0.0952. The molecule has 0 aliphatic carbocycles. The lowest BCUT2D eigenvalue weighted by Crippen LogP contribution is -2.13. The zero-order chi connectivity index (χ0) is 22.0. The smallest absolute Gasteiger partial charge is 0.274 e. The minimum atomic E-state index is -0.359. The first-order valence-corrected chi connectivity index (χ1v) is 10.7. The summed E-state index contributed by atoms with van der Waals surface area (Å²) in [7, 11) is 1.61. The second-order valence-corrected chi connectivity index (χ2v) is 8.31. The number of amides is 1. The Morgan fingerprint density at radius 3 is 2.68 bits per heavy atom. The number of aromatic amines is 1. The Morgan fingerprint density at radius 1 is 1.19 bits per heavy atom. The molecular weight excluding hydrogens is 505 g/mol. The van der Waals surface area contributed by atoms with Crippen LogP contribution in [0.15, 0.2) is 59.2 Å². The van der Waals surface area contributed by atoms with Gasteiger partial charge in [0.15, 0.2) is 5.82 Å². The zero-order valence-electron chi connectivity index (χ0n) is 16.2. The quantitative estimate of drug-likeness (QED) is 0.344. The van der Waals surface area contributed by atoms with Gasteiger partial charge >= 0.3 is 0 Å². The van der Waals surface area contributed by atoms with Gasteiger partial charge in [0, 0.05) is 21.8 Å². The number of carbonyl (C=O) groups excluding carboxylic acids is 1. The van der Waals surface area contributed by atoms with Crippen LogP contribution >= 0.6 is 39.1 Å². The van der Waals surface area contributed by atoms with Gasteiger partial charge in [0.1, 0.15) is 11.4 Å². The first kappa shape index (κ1) is 21.4. The summed E-state index contributed by atoms with van der Waals surface area (Å²) in [5, 5.41) is 15.3. The normalized spacial score (nSPS) is 10.8. The lowest BCUT2D eigenvalue weighted by Gasteiger charge is -2.05. The number of nitrogens with zero attached hydrogens (tertiary/aromatic N) is 3. The van der Waals surface area contributed by atoms with E-state index < -0.39 is 0 Å². The monoisotopic (exact) mass is 519 g/mol. The SMILES string of the molecule is COc1ccc(-c2cc(C(=O)Nc3nn(Cc4ccc(Cl)cc4Cl)cc3Br)[nH]n2)cc1. The van der Waals surface area contributed by atoms with Gasteiger partial charge in [-0.1, -0.05) is 29.3 Å². The standard InChI is InChI=1S/C21H16BrCl2N5O2/c1-31-15-6-3-12(4-7-15)18-9-19(27-26-18)21(30)25-20-16(22)11-29(28-20)10-13-2-5-14(23)8-17(13)24/h2-9,11H,10H2,1H3,(H,26,27)(H,25,28,30). The molecule has 0 aliphatic heterocycles. The molecule has 0 aliphatic rings. The van der Waals surface area contributed by atoms with E-state index in [1.807, 2.05) is 30.3 Å². The number of benzene rings is 2. The second kappa shape index (κ2) is 9.13. The largest absolute Gasteiger partial charge is 0.497 e. The van der Waals surface area contributed by atoms with E-state index in [1.54, 1.807) is 36.2 Å². The summed E-state index contributed by atoms with van der Waals surface area (Å²) in [6.07, 6.45) is 1.76. The van der Waals surface area contributed by atoms with Gasteiger partial charge in [-0.25, -0.2) is 0 Å². The van der Waals surface area contributed by atoms with Gasteiger partial charge < -0.3 is 10.1 Å². The number of H-pyrrole nitrogens is 1. The number of nitrogens with one attached hydrogen (secondary N) is 2. The summed E-state index contributed by atoms with van der Waals surface area (Å²) in [6.45, 7) is 0.427. The van der Waals surface area contributed by atoms with Crippen molar-refractivity contribution in [3.8, 4) is 17.0 Å². The molecule has 31 heavy (non-hydrogen) atoms. The number of carbonyl (C=O) groups is 1. The third-order valence-electron chi connectivity index (χ3n) is 4.50. The van der Waals surface area contributed by atoms with Crippen molar-refractivity contribution in [2.24, 2.45) is 0 Å². The van der Waals surface area contributed by atoms with Crippen LogP contribution in [0.1, 0.15) is 16.1 Å². The summed E-state index contributed by atoms with van der Waals surface area (Å²) >= 11 is 15.6. The predicted molar refractivity (Wildman–Crippen MR) is 124 cm³/mol. The Hall–Kier alpha value is -2.81. The van der Waals surface area contributed by atoms with Crippen LogP contribution in [-0.2, 0) is 6.54 Å². The molecule has 0 bridgehead atoms. The van der Waals surface area contributed by atoms with E-state index in [0.717, 1.165) is 16.9 Å². The molecule has 2 aromatic carbocycles. The van der Waals surface area contributed by atoms with Gasteiger partial charge in [-0.05, 0) is 64.0 Å². The molecular formula is C21H16BrCl2N5O2. The van der Waals surface area contributed by atoms with Crippen molar-refractivity contribution in [3.05, 3.63) is 80.5 Å². The van der Waals surface area contributed by atoms with E-state index in [4.69, 9.17) is 27.9 Å². The number of ether oxygens (including phenoxy) is 1. The highest BCUT2D eigenvalue weighted by Crippen LogP contribution is 2.25. The van der Waals surface area contributed by atoms with E-state index in [1.165, 1.54) is 0 Å². The molecule has 0 fully saturated rings. The molecule has 0 radical (unpaired) electrons. The Kier molecular flexibility index (Phi) is 6.31. The maximum atomic E-state index is 12.7. The third kappa shape index (κ3) is 4.92. The van der Waals surface area contributed by atoms with E-state index in [0.29, 0.717) is 38.3 Å². The number of hydrogen-bond donors (Lipinski definition) is 2. The molecule has 1 amide bonds. The summed E-state index contributed by atoms with van der Waals surface area (Å²) in [5.41, 5.74) is 2.68. The highest BCUT2D eigenvalue weighted by atomic mass is 79.9. The van der Waals surface area contributed by atoms with E-state index in [2.05, 4.69) is 36.5 Å². The van der Waals surface area contributed by atoms with Crippen LogP contribution in [0.4, 0.5) is 5.82 Å². The number of methoxy groups -OCH3 is 1. The van der Waals surface area contributed by atoms with Crippen molar-refractivity contribution < 1.29 is 9.53 Å².